The van der Waals surface area contributed by atoms with Crippen molar-refractivity contribution in [3.8, 4) is 0 Å². The molecule has 1 fully saturated rings. The second-order valence-corrected chi connectivity index (χ2v) is 6.10. The first-order valence-electron chi connectivity index (χ1n) is 6.40. The van der Waals surface area contributed by atoms with E-state index in [-0.39, 0.29) is 6.41 Å². The van der Waals surface area contributed by atoms with Crippen LogP contribution in [0.25, 0.3) is 10.2 Å². The highest BCUT2D eigenvalue weighted by atomic mass is 32.1. The first kappa shape index (κ1) is 14.0. The number of nitrogens with two attached hydrogens (primary N) is 1. The van der Waals surface area contributed by atoms with Crippen LogP contribution in [-0.2, 0) is 4.79 Å². The number of hydrogen-bond acceptors (Lipinski definition) is 4. The molecule has 1 aliphatic heterocycles. The highest BCUT2D eigenvalue weighted by Gasteiger charge is 2.23. The standard InChI is InChI=1S/C13H16N2S.CH3NO/c1-8-5-11(7-14-8)12-4-3-10-6-9(2)16-13(10)15-12;2-1-3/h3-4,6,8,11,14H,5,7H2,1-2H3;1H,(H2,2,3). The Labute approximate surface area is 117 Å². The van der Waals surface area contributed by atoms with Gasteiger partial charge in [0.2, 0.25) is 6.41 Å². The molecule has 0 spiro atoms. The summed E-state index contributed by atoms with van der Waals surface area (Å²) in [5.74, 6) is 0.599. The number of amides is 1. The third-order valence-corrected chi connectivity index (χ3v) is 4.26. The maximum atomic E-state index is 8.58. The van der Waals surface area contributed by atoms with E-state index in [0.29, 0.717) is 12.0 Å². The minimum atomic E-state index is 0.250. The number of rotatable bonds is 1. The third-order valence-electron chi connectivity index (χ3n) is 3.30. The number of carbonyl (C=O) groups excluding carboxylic acids is 1. The monoisotopic (exact) mass is 277 g/mol. The molecule has 3 heterocycles. The van der Waals surface area contributed by atoms with E-state index in [0.717, 1.165) is 6.54 Å². The molecule has 2 unspecified atom stereocenters. The summed E-state index contributed by atoms with van der Waals surface area (Å²) in [6.07, 6.45) is 1.46. The number of nitrogens with one attached hydrogen (secondary N) is 1. The summed E-state index contributed by atoms with van der Waals surface area (Å²) in [6, 6.07) is 7.25. The maximum absolute atomic E-state index is 8.58. The van der Waals surface area contributed by atoms with E-state index in [1.807, 2.05) is 0 Å². The van der Waals surface area contributed by atoms with Crippen molar-refractivity contribution in [2.75, 3.05) is 6.54 Å². The van der Waals surface area contributed by atoms with Gasteiger partial charge in [-0.3, -0.25) is 4.79 Å². The smallest absolute Gasteiger partial charge is 0.204 e. The molecule has 5 heteroatoms. The molecule has 0 aliphatic carbocycles. The van der Waals surface area contributed by atoms with Gasteiger partial charge in [0, 0.05) is 34.5 Å². The van der Waals surface area contributed by atoms with Crippen LogP contribution in [0.4, 0.5) is 0 Å². The van der Waals surface area contributed by atoms with Crippen LogP contribution in [0.5, 0.6) is 0 Å². The highest BCUT2D eigenvalue weighted by Crippen LogP contribution is 2.28. The number of aryl methyl sites for hydroxylation is 1. The van der Waals surface area contributed by atoms with Crippen molar-refractivity contribution in [1.82, 2.24) is 10.3 Å². The lowest BCUT2D eigenvalue weighted by Gasteiger charge is -2.07. The van der Waals surface area contributed by atoms with Crippen molar-refractivity contribution >= 4 is 28.0 Å². The molecule has 2 aromatic heterocycles. The fourth-order valence-corrected chi connectivity index (χ4v) is 3.33. The Morgan fingerprint density at radius 3 is 2.89 bits per heavy atom. The second kappa shape index (κ2) is 6.12. The molecule has 102 valence electrons. The van der Waals surface area contributed by atoms with Crippen LogP contribution in [0.3, 0.4) is 0 Å². The Balaban J connectivity index is 0.000000408. The predicted molar refractivity (Wildman–Crippen MR) is 79.4 cm³/mol. The number of primary amides is 1. The molecule has 1 amide bonds. The summed E-state index contributed by atoms with van der Waals surface area (Å²) in [5.41, 5.74) is 5.42. The van der Waals surface area contributed by atoms with Gasteiger partial charge in [-0.2, -0.15) is 0 Å². The molecule has 0 bridgehead atoms. The summed E-state index contributed by atoms with van der Waals surface area (Å²) in [7, 11) is 0. The summed E-state index contributed by atoms with van der Waals surface area (Å²) >= 11 is 1.79. The first-order valence-corrected chi connectivity index (χ1v) is 7.21. The Morgan fingerprint density at radius 1 is 1.53 bits per heavy atom. The minimum absolute atomic E-state index is 0.250. The van der Waals surface area contributed by atoms with Crippen LogP contribution in [0.2, 0.25) is 0 Å². The van der Waals surface area contributed by atoms with Crippen molar-refractivity contribution < 1.29 is 4.79 Å². The summed E-state index contributed by atoms with van der Waals surface area (Å²) < 4.78 is 0. The fourth-order valence-electron chi connectivity index (χ4n) is 2.45. The lowest BCUT2D eigenvalue weighted by atomic mass is 10.0. The molecule has 4 nitrogen and oxygen atoms in total. The van der Waals surface area contributed by atoms with Crippen molar-refractivity contribution in [3.05, 3.63) is 28.8 Å². The molecule has 3 rings (SSSR count). The lowest BCUT2D eigenvalue weighted by Crippen LogP contribution is -2.16. The fraction of sp³-hybridized carbons (Fsp3) is 0.429. The maximum Gasteiger partial charge on any atom is 0.204 e. The Kier molecular flexibility index (Phi) is 4.50. The molecule has 2 aromatic rings. The van der Waals surface area contributed by atoms with E-state index < -0.39 is 0 Å². The van der Waals surface area contributed by atoms with Gasteiger partial charge in [0.15, 0.2) is 0 Å². The van der Waals surface area contributed by atoms with Crippen LogP contribution in [-0.4, -0.2) is 24.0 Å². The van der Waals surface area contributed by atoms with Crippen LogP contribution in [0.1, 0.15) is 29.8 Å². The van der Waals surface area contributed by atoms with Gasteiger partial charge in [-0.15, -0.1) is 11.3 Å². The Bertz CT molecular complexity index is 567. The van der Waals surface area contributed by atoms with Gasteiger partial charge in [-0.1, -0.05) is 6.07 Å². The number of hydrogen-bond donors (Lipinski definition) is 2. The number of aromatic nitrogens is 1. The zero-order valence-electron chi connectivity index (χ0n) is 11.2. The summed E-state index contributed by atoms with van der Waals surface area (Å²) in [6.45, 7) is 5.46. The molecular weight excluding hydrogens is 258 g/mol. The van der Waals surface area contributed by atoms with Crippen molar-refractivity contribution in [3.63, 3.8) is 0 Å². The summed E-state index contributed by atoms with van der Waals surface area (Å²) in [5, 5.41) is 4.77. The number of fused-ring (bicyclic) bond motifs is 1. The molecule has 3 N–H and O–H groups in total. The molecule has 1 saturated heterocycles. The van der Waals surface area contributed by atoms with Crippen LogP contribution >= 0.6 is 11.3 Å². The average molecular weight is 277 g/mol. The van der Waals surface area contributed by atoms with Gasteiger partial charge in [0.1, 0.15) is 4.83 Å². The van der Waals surface area contributed by atoms with E-state index in [2.05, 4.69) is 43.1 Å². The number of pyridine rings is 1. The van der Waals surface area contributed by atoms with Gasteiger partial charge in [-0.05, 0) is 32.4 Å². The highest BCUT2D eigenvalue weighted by molar-refractivity contribution is 7.18. The van der Waals surface area contributed by atoms with Crippen molar-refractivity contribution in [1.29, 1.82) is 0 Å². The Hall–Kier alpha value is -1.46. The normalized spacial score (nSPS) is 22.0. The average Bonchev–Trinajstić information content (AvgIpc) is 2.94. The van der Waals surface area contributed by atoms with Gasteiger partial charge >= 0.3 is 0 Å². The zero-order valence-corrected chi connectivity index (χ0v) is 12.0. The first-order chi connectivity index (χ1) is 9.13. The predicted octanol–water partition coefficient (Wildman–Crippen LogP) is 2.17. The van der Waals surface area contributed by atoms with Crippen LogP contribution in [0.15, 0.2) is 18.2 Å². The second-order valence-electron chi connectivity index (χ2n) is 4.87. The number of carbonyl (C=O) groups is 1. The molecule has 1 aliphatic rings. The topological polar surface area (TPSA) is 68.0 Å². The quantitative estimate of drug-likeness (QED) is 0.785. The molecule has 19 heavy (non-hydrogen) atoms. The molecule has 0 aromatic carbocycles. The molecule has 0 saturated carbocycles. The van der Waals surface area contributed by atoms with Gasteiger partial charge in [0.05, 0.1) is 0 Å². The Morgan fingerprint density at radius 2 is 2.26 bits per heavy atom. The van der Waals surface area contributed by atoms with Crippen molar-refractivity contribution in [2.45, 2.75) is 32.2 Å². The van der Waals surface area contributed by atoms with E-state index in [4.69, 9.17) is 9.78 Å². The largest absolute Gasteiger partial charge is 0.372 e. The van der Waals surface area contributed by atoms with E-state index in [1.54, 1.807) is 11.3 Å². The number of nitrogens with zero attached hydrogens (tertiary/aromatic N) is 1. The molecule has 0 radical (unpaired) electrons. The third kappa shape index (κ3) is 3.30. The van der Waals surface area contributed by atoms with E-state index in [1.165, 1.54) is 27.2 Å². The summed E-state index contributed by atoms with van der Waals surface area (Å²) in [4.78, 5) is 15.9. The van der Waals surface area contributed by atoms with Gasteiger partial charge in [0.25, 0.3) is 0 Å². The van der Waals surface area contributed by atoms with Gasteiger partial charge < -0.3 is 11.1 Å². The van der Waals surface area contributed by atoms with Crippen molar-refractivity contribution in [2.24, 2.45) is 5.73 Å². The zero-order chi connectivity index (χ0) is 13.8. The van der Waals surface area contributed by atoms with Crippen LogP contribution < -0.4 is 11.1 Å². The molecule has 2 atom stereocenters. The number of thiophene rings is 1. The van der Waals surface area contributed by atoms with E-state index in [9.17, 15) is 0 Å². The minimum Gasteiger partial charge on any atom is -0.372 e. The lowest BCUT2D eigenvalue weighted by molar-refractivity contribution is -0.106. The van der Waals surface area contributed by atoms with Crippen LogP contribution in [0, 0.1) is 6.92 Å². The SMILES string of the molecule is Cc1cc2ccc(C3CNC(C)C3)nc2s1.NC=O. The van der Waals surface area contributed by atoms with Gasteiger partial charge in [-0.25, -0.2) is 4.98 Å². The molecular formula is C14H19N3OS. The van der Waals surface area contributed by atoms with E-state index >= 15 is 0 Å².